The van der Waals surface area contributed by atoms with Gasteiger partial charge in [0, 0.05) is 29.8 Å². The van der Waals surface area contributed by atoms with Gasteiger partial charge in [0.2, 0.25) is 0 Å². The SMILES string of the molecule is CCc1nc(-c2cncnc2)c2scc(Br)c2n1. The Hall–Kier alpha value is -1.40. The minimum absolute atomic E-state index is 0.804. The van der Waals surface area contributed by atoms with E-state index in [1.807, 2.05) is 12.3 Å². The quantitative estimate of drug-likeness (QED) is 0.725. The lowest BCUT2D eigenvalue weighted by molar-refractivity contribution is 0.963. The average Bonchev–Trinajstić information content (AvgIpc) is 2.80. The fraction of sp³-hybridized carbons (Fsp3) is 0.167. The molecule has 3 aromatic rings. The summed E-state index contributed by atoms with van der Waals surface area (Å²) in [6.45, 7) is 2.05. The number of nitrogens with zero attached hydrogens (tertiary/aromatic N) is 4. The minimum atomic E-state index is 0.804. The van der Waals surface area contributed by atoms with Gasteiger partial charge in [0.1, 0.15) is 12.2 Å². The summed E-state index contributed by atoms with van der Waals surface area (Å²) in [5, 5.41) is 2.03. The van der Waals surface area contributed by atoms with Crippen molar-refractivity contribution in [3.05, 3.63) is 34.4 Å². The molecule has 18 heavy (non-hydrogen) atoms. The third-order valence-corrected chi connectivity index (χ3v) is 4.45. The minimum Gasteiger partial charge on any atom is -0.244 e. The molecule has 0 atom stereocenters. The molecular weight excluding hydrogens is 312 g/mol. The lowest BCUT2D eigenvalue weighted by Crippen LogP contribution is -1.96. The molecule has 0 saturated heterocycles. The van der Waals surface area contributed by atoms with E-state index in [-0.39, 0.29) is 0 Å². The predicted molar refractivity (Wildman–Crippen MR) is 75.5 cm³/mol. The summed E-state index contributed by atoms with van der Waals surface area (Å²) in [5.41, 5.74) is 2.80. The third-order valence-electron chi connectivity index (χ3n) is 2.57. The molecule has 0 saturated carbocycles. The number of fused-ring (bicyclic) bond motifs is 1. The molecule has 4 nitrogen and oxygen atoms in total. The standard InChI is InChI=1S/C12H9BrN4S/c1-2-9-16-10(7-3-14-6-15-4-7)12-11(17-9)8(13)5-18-12/h3-6H,2H2,1H3. The fourth-order valence-electron chi connectivity index (χ4n) is 1.71. The van der Waals surface area contributed by atoms with Crippen LogP contribution < -0.4 is 0 Å². The summed E-state index contributed by atoms with van der Waals surface area (Å²) in [6.07, 6.45) is 5.88. The molecule has 0 unspecified atom stereocenters. The van der Waals surface area contributed by atoms with E-state index in [0.29, 0.717) is 0 Å². The summed E-state index contributed by atoms with van der Waals surface area (Å²) in [6, 6.07) is 0. The van der Waals surface area contributed by atoms with E-state index < -0.39 is 0 Å². The molecule has 3 rings (SSSR count). The average molecular weight is 321 g/mol. The first kappa shape index (κ1) is 11.7. The second-order valence-electron chi connectivity index (χ2n) is 3.73. The summed E-state index contributed by atoms with van der Waals surface area (Å²) in [5.74, 6) is 0.834. The van der Waals surface area contributed by atoms with Gasteiger partial charge in [-0.1, -0.05) is 6.92 Å². The number of thiophene rings is 1. The maximum Gasteiger partial charge on any atom is 0.129 e. The van der Waals surface area contributed by atoms with Crippen LogP contribution in [-0.4, -0.2) is 19.9 Å². The monoisotopic (exact) mass is 320 g/mol. The molecule has 3 aromatic heterocycles. The van der Waals surface area contributed by atoms with Crippen molar-refractivity contribution in [3.8, 4) is 11.3 Å². The van der Waals surface area contributed by atoms with E-state index >= 15 is 0 Å². The van der Waals surface area contributed by atoms with Gasteiger partial charge in [-0.25, -0.2) is 19.9 Å². The van der Waals surface area contributed by atoms with Crippen molar-refractivity contribution < 1.29 is 0 Å². The number of hydrogen-bond donors (Lipinski definition) is 0. The summed E-state index contributed by atoms with van der Waals surface area (Å²) in [4.78, 5) is 17.3. The van der Waals surface area contributed by atoms with Crippen molar-refractivity contribution in [2.45, 2.75) is 13.3 Å². The highest BCUT2D eigenvalue weighted by Gasteiger charge is 2.13. The molecule has 0 spiro atoms. The maximum absolute atomic E-state index is 4.60. The van der Waals surface area contributed by atoms with Crippen LogP contribution in [0, 0.1) is 0 Å². The van der Waals surface area contributed by atoms with Crippen LogP contribution in [-0.2, 0) is 6.42 Å². The van der Waals surface area contributed by atoms with Gasteiger partial charge in [0.05, 0.1) is 20.4 Å². The molecule has 0 aliphatic carbocycles. The Morgan fingerprint density at radius 2 is 2.00 bits per heavy atom. The summed E-state index contributed by atoms with van der Waals surface area (Å²) in [7, 11) is 0. The van der Waals surface area contributed by atoms with Crippen molar-refractivity contribution in [3.63, 3.8) is 0 Å². The largest absolute Gasteiger partial charge is 0.244 e. The first-order valence-corrected chi connectivity index (χ1v) is 7.16. The normalized spacial score (nSPS) is 11.0. The first-order chi connectivity index (χ1) is 8.79. The summed E-state index contributed by atoms with van der Waals surface area (Å²) >= 11 is 5.15. The zero-order valence-corrected chi connectivity index (χ0v) is 12.0. The van der Waals surface area contributed by atoms with Crippen LogP contribution in [0.1, 0.15) is 12.7 Å². The molecule has 6 heteroatoms. The second kappa shape index (κ2) is 4.70. The molecule has 90 valence electrons. The number of halogens is 1. The highest BCUT2D eigenvalue weighted by Crippen LogP contribution is 2.34. The molecule has 0 bridgehead atoms. The van der Waals surface area contributed by atoms with Crippen molar-refractivity contribution in [2.24, 2.45) is 0 Å². The molecule has 0 N–H and O–H groups in total. The topological polar surface area (TPSA) is 51.6 Å². The van der Waals surface area contributed by atoms with Gasteiger partial charge < -0.3 is 0 Å². The van der Waals surface area contributed by atoms with Crippen molar-refractivity contribution in [2.75, 3.05) is 0 Å². The maximum atomic E-state index is 4.60. The van der Waals surface area contributed by atoms with Gasteiger partial charge in [-0.05, 0) is 15.9 Å². The van der Waals surface area contributed by atoms with E-state index in [4.69, 9.17) is 0 Å². The molecule has 0 aliphatic heterocycles. The van der Waals surface area contributed by atoms with Crippen LogP contribution in [0.25, 0.3) is 21.5 Å². The van der Waals surface area contributed by atoms with Gasteiger partial charge >= 0.3 is 0 Å². The molecule has 0 fully saturated rings. The Labute approximate surface area is 116 Å². The van der Waals surface area contributed by atoms with E-state index in [1.54, 1.807) is 23.7 Å². The number of rotatable bonds is 2. The summed E-state index contributed by atoms with van der Waals surface area (Å²) < 4.78 is 2.08. The fourth-order valence-corrected chi connectivity index (χ4v) is 3.29. The molecule has 0 aromatic carbocycles. The molecular formula is C12H9BrN4S. The van der Waals surface area contributed by atoms with Crippen molar-refractivity contribution >= 4 is 37.5 Å². The Morgan fingerprint density at radius 1 is 1.22 bits per heavy atom. The second-order valence-corrected chi connectivity index (χ2v) is 5.46. The Morgan fingerprint density at radius 3 is 2.72 bits per heavy atom. The van der Waals surface area contributed by atoms with Gasteiger partial charge in [0.25, 0.3) is 0 Å². The number of aromatic nitrogens is 4. The van der Waals surface area contributed by atoms with Crippen molar-refractivity contribution in [1.29, 1.82) is 0 Å². The third kappa shape index (κ3) is 1.91. The predicted octanol–water partition coefficient (Wildman–Crippen LogP) is 3.47. The first-order valence-electron chi connectivity index (χ1n) is 5.48. The van der Waals surface area contributed by atoms with Crippen LogP contribution in [0.15, 0.2) is 28.6 Å². The Bertz CT molecular complexity index is 696. The Kier molecular flexibility index (Phi) is 3.05. The van der Waals surface area contributed by atoms with E-state index in [2.05, 4.69) is 35.9 Å². The van der Waals surface area contributed by atoms with Gasteiger partial charge in [-0.15, -0.1) is 11.3 Å². The molecule has 0 radical (unpaired) electrons. The van der Waals surface area contributed by atoms with Crippen LogP contribution in [0.3, 0.4) is 0 Å². The molecule has 3 heterocycles. The Balaban J connectivity index is 2.34. The zero-order chi connectivity index (χ0) is 12.5. The van der Waals surface area contributed by atoms with E-state index in [1.165, 1.54) is 6.33 Å². The van der Waals surface area contributed by atoms with Gasteiger partial charge in [-0.2, -0.15) is 0 Å². The smallest absolute Gasteiger partial charge is 0.129 e. The number of aryl methyl sites for hydroxylation is 1. The van der Waals surface area contributed by atoms with Crippen LogP contribution in [0.4, 0.5) is 0 Å². The zero-order valence-electron chi connectivity index (χ0n) is 9.59. The molecule has 0 amide bonds. The van der Waals surface area contributed by atoms with E-state index in [9.17, 15) is 0 Å². The number of hydrogen-bond acceptors (Lipinski definition) is 5. The lowest BCUT2D eigenvalue weighted by Gasteiger charge is -2.04. The van der Waals surface area contributed by atoms with Crippen LogP contribution in [0.5, 0.6) is 0 Å². The van der Waals surface area contributed by atoms with Crippen molar-refractivity contribution in [1.82, 2.24) is 19.9 Å². The molecule has 0 aliphatic rings. The van der Waals surface area contributed by atoms with Gasteiger partial charge in [-0.3, -0.25) is 0 Å². The van der Waals surface area contributed by atoms with Crippen LogP contribution in [0.2, 0.25) is 0 Å². The lowest BCUT2D eigenvalue weighted by atomic mass is 10.2. The highest BCUT2D eigenvalue weighted by molar-refractivity contribution is 9.10. The van der Waals surface area contributed by atoms with Crippen LogP contribution >= 0.6 is 27.3 Å². The van der Waals surface area contributed by atoms with E-state index in [0.717, 1.165) is 38.2 Å². The highest BCUT2D eigenvalue weighted by atomic mass is 79.9. The van der Waals surface area contributed by atoms with Gasteiger partial charge in [0.15, 0.2) is 0 Å².